The zero-order chi connectivity index (χ0) is 10.7. The second kappa shape index (κ2) is 4.46. The summed E-state index contributed by atoms with van der Waals surface area (Å²) in [6, 6.07) is 1.91. The van der Waals surface area contributed by atoms with Crippen LogP contribution >= 0.6 is 0 Å². The fraction of sp³-hybridized carbons (Fsp3) is 0.500. The predicted molar refractivity (Wildman–Crippen MR) is 59.4 cm³/mol. The Morgan fingerprint density at radius 1 is 1.47 bits per heavy atom. The van der Waals surface area contributed by atoms with Crippen molar-refractivity contribution in [3.05, 3.63) is 17.8 Å². The second-order valence-corrected chi connectivity index (χ2v) is 3.66. The maximum atomic E-state index is 5.86. The van der Waals surface area contributed by atoms with Crippen LogP contribution < -0.4 is 11.2 Å². The predicted octanol–water partition coefficient (Wildman–Crippen LogP) is 0.631. The number of hydrazine groups is 1. The van der Waals surface area contributed by atoms with Gasteiger partial charge in [-0.15, -0.1) is 0 Å². The molecular weight excluding hydrogens is 192 g/mol. The van der Waals surface area contributed by atoms with Gasteiger partial charge in [0.2, 0.25) is 0 Å². The van der Waals surface area contributed by atoms with Crippen molar-refractivity contribution in [2.45, 2.75) is 6.92 Å². The van der Waals surface area contributed by atoms with Crippen molar-refractivity contribution in [2.75, 3.05) is 37.5 Å². The van der Waals surface area contributed by atoms with E-state index in [9.17, 15) is 0 Å². The molecule has 5 heteroatoms. The van der Waals surface area contributed by atoms with E-state index in [1.54, 1.807) is 6.20 Å². The van der Waals surface area contributed by atoms with E-state index in [0.717, 1.165) is 37.7 Å². The minimum atomic E-state index is 0.682. The number of nitrogens with two attached hydrogens (primary N) is 1. The van der Waals surface area contributed by atoms with E-state index in [-0.39, 0.29) is 0 Å². The third-order valence-electron chi connectivity index (χ3n) is 2.33. The molecule has 1 aliphatic heterocycles. The normalized spacial score (nSPS) is 17.7. The molecule has 5 nitrogen and oxygen atoms in total. The number of hydrogen-bond donors (Lipinski definition) is 2. The number of ether oxygens (including phenoxy) is 1. The molecule has 0 unspecified atom stereocenters. The topological polar surface area (TPSA) is 63.4 Å². The van der Waals surface area contributed by atoms with E-state index < -0.39 is 0 Å². The lowest BCUT2D eigenvalue weighted by Crippen LogP contribution is -2.40. The lowest BCUT2D eigenvalue weighted by atomic mass is 10.3. The Morgan fingerprint density at radius 3 is 2.87 bits per heavy atom. The first-order valence-electron chi connectivity index (χ1n) is 5.07. The molecule has 0 aromatic carbocycles. The van der Waals surface area contributed by atoms with Crippen LogP contribution in [0, 0.1) is 6.92 Å². The number of aryl methyl sites for hydroxylation is 1. The average Bonchev–Trinajstić information content (AvgIpc) is 2.24. The van der Waals surface area contributed by atoms with Crippen molar-refractivity contribution in [2.24, 2.45) is 0 Å². The summed E-state index contributed by atoms with van der Waals surface area (Å²) in [6.07, 6.45) is 1.80. The summed E-state index contributed by atoms with van der Waals surface area (Å²) in [6.45, 7) is 5.18. The van der Waals surface area contributed by atoms with Gasteiger partial charge in [0.25, 0.3) is 0 Å². The van der Waals surface area contributed by atoms with E-state index in [0.29, 0.717) is 5.69 Å². The van der Waals surface area contributed by atoms with Gasteiger partial charge in [0.15, 0.2) is 5.82 Å². The molecule has 0 saturated carbocycles. The van der Waals surface area contributed by atoms with Crippen molar-refractivity contribution in [1.82, 2.24) is 9.99 Å². The van der Waals surface area contributed by atoms with Crippen molar-refractivity contribution < 1.29 is 4.74 Å². The molecule has 1 aromatic heterocycles. The van der Waals surface area contributed by atoms with Crippen LogP contribution in [0.1, 0.15) is 5.56 Å². The van der Waals surface area contributed by atoms with Gasteiger partial charge < -0.3 is 15.9 Å². The highest BCUT2D eigenvalue weighted by Gasteiger charge is 2.11. The minimum Gasteiger partial charge on any atom is -0.396 e. The van der Waals surface area contributed by atoms with Gasteiger partial charge >= 0.3 is 0 Å². The number of pyridine rings is 1. The third-order valence-corrected chi connectivity index (χ3v) is 2.33. The molecule has 1 aliphatic rings. The van der Waals surface area contributed by atoms with Crippen molar-refractivity contribution >= 4 is 11.5 Å². The van der Waals surface area contributed by atoms with Crippen LogP contribution in [0.5, 0.6) is 0 Å². The molecule has 1 saturated heterocycles. The molecule has 0 aliphatic carbocycles. The summed E-state index contributed by atoms with van der Waals surface area (Å²) in [4.78, 5) is 4.25. The summed E-state index contributed by atoms with van der Waals surface area (Å²) in [5.74, 6) is 0.725. The fourth-order valence-electron chi connectivity index (χ4n) is 1.51. The number of morpholine rings is 1. The molecule has 15 heavy (non-hydrogen) atoms. The number of aromatic nitrogens is 1. The highest BCUT2D eigenvalue weighted by atomic mass is 16.5. The standard InChI is InChI=1S/C10H16N4O/c1-8-6-9(11)10(12-7-8)13-14-2-4-15-5-3-14/h6-7H,2-5,11H2,1H3,(H,12,13). The summed E-state index contributed by atoms with van der Waals surface area (Å²) in [5, 5.41) is 2.07. The third kappa shape index (κ3) is 2.57. The Labute approximate surface area is 89.2 Å². The Kier molecular flexibility index (Phi) is 3.03. The number of nitrogen functional groups attached to an aromatic ring is 1. The summed E-state index contributed by atoms with van der Waals surface area (Å²) in [7, 11) is 0. The second-order valence-electron chi connectivity index (χ2n) is 3.66. The zero-order valence-electron chi connectivity index (χ0n) is 8.86. The number of anilines is 2. The largest absolute Gasteiger partial charge is 0.396 e. The van der Waals surface area contributed by atoms with Gasteiger partial charge in [-0.3, -0.25) is 0 Å². The number of nitrogens with zero attached hydrogens (tertiary/aromatic N) is 2. The molecule has 1 aromatic rings. The first-order valence-corrected chi connectivity index (χ1v) is 5.07. The van der Waals surface area contributed by atoms with E-state index >= 15 is 0 Å². The molecule has 0 amide bonds. The molecule has 0 bridgehead atoms. The van der Waals surface area contributed by atoms with Crippen LogP contribution in [-0.4, -0.2) is 36.3 Å². The molecule has 0 radical (unpaired) electrons. The molecule has 3 N–H and O–H groups in total. The van der Waals surface area contributed by atoms with E-state index in [1.807, 2.05) is 13.0 Å². The lowest BCUT2D eigenvalue weighted by molar-refractivity contribution is 0.0495. The monoisotopic (exact) mass is 208 g/mol. The van der Waals surface area contributed by atoms with Crippen molar-refractivity contribution in [1.29, 1.82) is 0 Å². The molecule has 2 rings (SSSR count). The Balaban J connectivity index is 2.03. The first kappa shape index (κ1) is 10.2. The van der Waals surface area contributed by atoms with Crippen LogP contribution in [0.15, 0.2) is 12.3 Å². The number of rotatable bonds is 2. The molecule has 0 atom stereocenters. The number of hydrogen-bond acceptors (Lipinski definition) is 5. The Hall–Kier alpha value is -1.33. The lowest BCUT2D eigenvalue weighted by Gasteiger charge is -2.27. The summed E-state index contributed by atoms with van der Waals surface area (Å²) >= 11 is 0. The van der Waals surface area contributed by atoms with Crippen LogP contribution in [0.3, 0.4) is 0 Å². The van der Waals surface area contributed by atoms with Gasteiger partial charge in [0.1, 0.15) is 0 Å². The minimum absolute atomic E-state index is 0.682. The van der Waals surface area contributed by atoms with Crippen LogP contribution in [0.2, 0.25) is 0 Å². The Bertz CT molecular complexity index is 336. The highest BCUT2D eigenvalue weighted by Crippen LogP contribution is 2.16. The van der Waals surface area contributed by atoms with Crippen LogP contribution in [-0.2, 0) is 4.74 Å². The first-order chi connectivity index (χ1) is 7.25. The van der Waals surface area contributed by atoms with E-state index in [4.69, 9.17) is 10.5 Å². The smallest absolute Gasteiger partial charge is 0.163 e. The molecule has 2 heterocycles. The quantitative estimate of drug-likeness (QED) is 0.746. The Morgan fingerprint density at radius 2 is 2.20 bits per heavy atom. The van der Waals surface area contributed by atoms with E-state index in [1.165, 1.54) is 0 Å². The molecule has 1 fully saturated rings. The van der Waals surface area contributed by atoms with Gasteiger partial charge in [-0.2, -0.15) is 0 Å². The average molecular weight is 208 g/mol. The van der Waals surface area contributed by atoms with Gasteiger partial charge in [-0.25, -0.2) is 9.99 Å². The SMILES string of the molecule is Cc1cnc(NN2CCOCC2)c(N)c1. The fourth-order valence-corrected chi connectivity index (χ4v) is 1.51. The molecular formula is C10H16N4O. The van der Waals surface area contributed by atoms with Gasteiger partial charge in [-0.1, -0.05) is 0 Å². The van der Waals surface area contributed by atoms with Gasteiger partial charge in [-0.05, 0) is 18.6 Å². The molecule has 0 spiro atoms. The van der Waals surface area contributed by atoms with Gasteiger partial charge in [0.05, 0.1) is 18.9 Å². The van der Waals surface area contributed by atoms with Crippen LogP contribution in [0.25, 0.3) is 0 Å². The van der Waals surface area contributed by atoms with Gasteiger partial charge in [0, 0.05) is 19.3 Å². The van der Waals surface area contributed by atoms with Crippen molar-refractivity contribution in [3.63, 3.8) is 0 Å². The summed E-state index contributed by atoms with van der Waals surface area (Å²) in [5.41, 5.74) is 10.8. The number of nitrogens with one attached hydrogen (secondary N) is 1. The highest BCUT2D eigenvalue weighted by molar-refractivity contribution is 5.61. The zero-order valence-corrected chi connectivity index (χ0v) is 8.86. The van der Waals surface area contributed by atoms with Crippen LogP contribution in [0.4, 0.5) is 11.5 Å². The van der Waals surface area contributed by atoms with Crippen molar-refractivity contribution in [3.8, 4) is 0 Å². The van der Waals surface area contributed by atoms with E-state index in [2.05, 4.69) is 15.4 Å². The summed E-state index contributed by atoms with van der Waals surface area (Å²) < 4.78 is 5.25. The maximum Gasteiger partial charge on any atom is 0.163 e. The molecule has 82 valence electrons. The maximum absolute atomic E-state index is 5.86.